The maximum atomic E-state index is 13.1. The van der Waals surface area contributed by atoms with E-state index in [0.717, 1.165) is 42.5 Å². The number of hydrogen-bond acceptors (Lipinski definition) is 17. The fourth-order valence-electron chi connectivity index (χ4n) is 5.10. The molecule has 0 saturated heterocycles. The van der Waals surface area contributed by atoms with Gasteiger partial charge in [-0.1, -0.05) is 77.6 Å². The average Bonchev–Trinajstić information content (AvgIpc) is 3.07. The van der Waals surface area contributed by atoms with E-state index in [1.165, 1.54) is 42.5 Å². The first-order chi connectivity index (χ1) is 24.3. The molecule has 0 aliphatic rings. The molecule has 0 fully saturated rings. The van der Waals surface area contributed by atoms with Crippen molar-refractivity contribution >= 4 is 74.6 Å². The topological polar surface area (TPSA) is 313 Å². The van der Waals surface area contributed by atoms with Crippen LogP contribution in [0.2, 0.25) is 0 Å². The molecule has 57 heavy (non-hydrogen) atoms. The molecule has 0 aliphatic carbocycles. The van der Waals surface area contributed by atoms with Crippen molar-refractivity contribution in [3.63, 3.8) is 0 Å². The molecule has 6 aromatic carbocycles. The summed E-state index contributed by atoms with van der Waals surface area (Å²) in [6.45, 7) is 0. The summed E-state index contributed by atoms with van der Waals surface area (Å²) < 4.78 is 105. The molecule has 0 heterocycles. The van der Waals surface area contributed by atoms with Gasteiger partial charge in [0.15, 0.2) is 0 Å². The molecule has 0 saturated carbocycles. The molecule has 25 heteroatoms. The Balaban J connectivity index is 0.00000325. The van der Waals surface area contributed by atoms with E-state index in [1.54, 1.807) is 0 Å². The molecule has 0 unspecified atom stereocenters. The van der Waals surface area contributed by atoms with Gasteiger partial charge in [-0.25, -0.2) is 25.3 Å². The van der Waals surface area contributed by atoms with Crippen molar-refractivity contribution < 1.29 is 182 Å². The summed E-state index contributed by atoms with van der Waals surface area (Å²) in [5, 5.41) is 65.4. The molecule has 6 rings (SSSR count). The van der Waals surface area contributed by atoms with E-state index in [1.807, 2.05) is 0 Å². The van der Waals surface area contributed by atoms with Gasteiger partial charge in [-0.15, -0.1) is 5.11 Å². The third kappa shape index (κ3) is 11.6. The number of hydrogen-bond donors (Lipinski definition) is 0. The summed E-state index contributed by atoms with van der Waals surface area (Å²) >= 11 is 0. The Morgan fingerprint density at radius 3 is 1.42 bits per heavy atom. The molecule has 0 spiro atoms. The number of benzene rings is 6. The fraction of sp³-hybridized carbons (Fsp3) is 0. The first-order valence-corrected chi connectivity index (χ1v) is 18.4. The zero-order valence-corrected chi connectivity index (χ0v) is 39.4. The van der Waals surface area contributed by atoms with E-state index in [2.05, 4.69) is 20.5 Å². The van der Waals surface area contributed by atoms with E-state index >= 15 is 0 Å². The molecule has 284 valence electrons. The number of azo groups is 2. The molecule has 0 aromatic heterocycles. The van der Waals surface area contributed by atoms with Crippen LogP contribution in [0.5, 0.6) is 23.0 Å². The quantitative estimate of drug-likeness (QED) is 0.0782. The maximum Gasteiger partial charge on any atom is 2.00 e. The van der Waals surface area contributed by atoms with Crippen LogP contribution < -0.4 is 109 Å². The van der Waals surface area contributed by atoms with Crippen LogP contribution in [0.4, 0.5) is 22.7 Å². The van der Waals surface area contributed by atoms with E-state index in [9.17, 15) is 59.3 Å². The molecule has 0 atom stereocenters. The number of fused-ring (bicyclic) bond motifs is 2. The van der Waals surface area contributed by atoms with Crippen molar-refractivity contribution in [2.45, 2.75) is 14.7 Å². The second-order valence-electron chi connectivity index (χ2n) is 10.8. The predicted molar refractivity (Wildman–Crippen MR) is 170 cm³/mol. The average molecular weight is 956 g/mol. The fourth-order valence-corrected chi connectivity index (χ4v) is 6.95. The van der Waals surface area contributed by atoms with Gasteiger partial charge in [0, 0.05) is 0 Å². The van der Waals surface area contributed by atoms with Crippen LogP contribution in [0.25, 0.3) is 32.7 Å². The van der Waals surface area contributed by atoms with Gasteiger partial charge in [0.25, 0.3) is 0 Å². The Kier molecular flexibility index (Phi) is 19.1. The van der Waals surface area contributed by atoms with Crippen LogP contribution in [-0.2, 0) is 64.5 Å². The summed E-state index contributed by atoms with van der Waals surface area (Å²) in [6.07, 6.45) is 0. The van der Waals surface area contributed by atoms with Crippen molar-refractivity contribution in [3.05, 3.63) is 91.0 Å². The van der Waals surface area contributed by atoms with Crippen molar-refractivity contribution in [1.29, 1.82) is 0 Å². The Morgan fingerprint density at radius 1 is 0.439 bits per heavy atom. The Bertz CT molecular complexity index is 2910. The van der Waals surface area contributed by atoms with Crippen LogP contribution in [0.3, 0.4) is 0 Å². The van der Waals surface area contributed by atoms with Crippen molar-refractivity contribution in [1.82, 2.24) is 0 Å². The van der Waals surface area contributed by atoms with Crippen molar-refractivity contribution in [2.24, 2.45) is 20.5 Å². The largest absolute Gasteiger partial charge is 2.00 e. The minimum absolute atomic E-state index is 0. The van der Waals surface area contributed by atoms with E-state index in [4.69, 9.17) is 0 Å². The first-order valence-electron chi connectivity index (χ1n) is 14.2. The molecule has 0 amide bonds. The SMILES string of the molecule is O=S(=O)([O-])c1ccc2c([O-])c(N=Nc3ccc(-c4ccc(N=Nc5cc(S(=O)(=O)[O-])c6ccccc6c5[O-])c([O-])c4)cc3[O-])c(S(=O)(=O)[O-])cc2c1.[Cu+2].[Cu+2].[Na+].[Na+].[Na+]. The standard InChI is InChI=1S/C32H22N4O13S3.2Cu.3Na/c37-26-12-16(5-9-23(26)33-35-25-15-28(51(44,45)46)21-3-1-2-4-22(21)31(25)39)17-6-10-24(27(38)13-17)34-36-30-29(52(47,48)49)14-18-11-19(50(41,42)43)7-8-20(18)32(30)40;;;;;/h1-15,37-40H,(H,41,42,43)(H,44,45,46)(H,47,48,49);;;;;/q;2*+2;3*+1/p-7. The van der Waals surface area contributed by atoms with Crippen LogP contribution in [0.1, 0.15) is 0 Å². The van der Waals surface area contributed by atoms with E-state index in [-0.39, 0.29) is 161 Å². The number of nitrogens with zero attached hydrogens (tertiary/aromatic N) is 4. The van der Waals surface area contributed by atoms with Gasteiger partial charge in [-0.05, 0) is 69.1 Å². The second-order valence-corrected chi connectivity index (χ2v) is 14.9. The van der Waals surface area contributed by atoms with Crippen LogP contribution in [-0.4, -0.2) is 38.9 Å². The first kappa shape index (κ1) is 53.0. The summed E-state index contributed by atoms with van der Waals surface area (Å²) in [7, 11) is -15.4. The van der Waals surface area contributed by atoms with Gasteiger partial charge >= 0.3 is 123 Å². The molecule has 0 aliphatic heterocycles. The zero-order valence-electron chi connectivity index (χ0n) is 29.1. The smallest absolute Gasteiger partial charge is 0.871 e. The van der Waals surface area contributed by atoms with Gasteiger partial charge in [-0.3, -0.25) is 0 Å². The van der Waals surface area contributed by atoms with Crippen LogP contribution >= 0.6 is 0 Å². The predicted octanol–water partition coefficient (Wildman–Crippen LogP) is -5.50. The Morgan fingerprint density at radius 2 is 0.930 bits per heavy atom. The van der Waals surface area contributed by atoms with Crippen LogP contribution in [0, 0.1) is 0 Å². The van der Waals surface area contributed by atoms with E-state index in [0.29, 0.717) is 6.07 Å². The van der Waals surface area contributed by atoms with Gasteiger partial charge in [-0.2, -0.15) is 15.3 Å². The minimum Gasteiger partial charge on any atom is -0.871 e. The molecule has 2 radical (unpaired) electrons. The monoisotopic (exact) mass is 954 g/mol. The molecule has 6 aromatic rings. The van der Waals surface area contributed by atoms with Gasteiger partial charge in [0.2, 0.25) is 0 Å². The normalized spacial score (nSPS) is 11.6. The minimum atomic E-state index is -5.41. The van der Waals surface area contributed by atoms with E-state index < -0.39 is 85.1 Å². The third-order valence-electron chi connectivity index (χ3n) is 7.54. The summed E-state index contributed by atoms with van der Waals surface area (Å²) in [5.41, 5.74) is -1.78. The molecular formula is C32H15Cu2N4Na3O13S3. The second kappa shape index (κ2) is 20.5. The van der Waals surface area contributed by atoms with Gasteiger partial charge in [0.1, 0.15) is 30.4 Å². The molecule has 17 nitrogen and oxygen atoms in total. The Hall–Kier alpha value is -1.99. The third-order valence-corrected chi connectivity index (χ3v) is 10.1. The van der Waals surface area contributed by atoms with Gasteiger partial charge < -0.3 is 34.1 Å². The zero-order chi connectivity index (χ0) is 37.7. The van der Waals surface area contributed by atoms with Gasteiger partial charge in [0.05, 0.1) is 37.4 Å². The summed E-state index contributed by atoms with van der Waals surface area (Å²) in [6, 6.07) is 16.5. The summed E-state index contributed by atoms with van der Waals surface area (Å²) in [4.78, 5) is -2.65. The van der Waals surface area contributed by atoms with Crippen LogP contribution in [0.15, 0.2) is 126 Å². The maximum absolute atomic E-state index is 13.1. The van der Waals surface area contributed by atoms with Crippen molar-refractivity contribution in [3.8, 4) is 34.1 Å². The summed E-state index contributed by atoms with van der Waals surface area (Å²) in [5.74, 6) is -3.43. The molecular weight excluding hydrogens is 941 g/mol. The molecule has 0 bridgehead atoms. The Labute approximate surface area is 411 Å². The molecule has 0 N–H and O–H groups in total. The van der Waals surface area contributed by atoms with Crippen molar-refractivity contribution in [2.75, 3.05) is 0 Å². The number of rotatable bonds is 8.